The average molecular weight is 314 g/mol. The highest BCUT2D eigenvalue weighted by molar-refractivity contribution is 5.95. The lowest BCUT2D eigenvalue weighted by molar-refractivity contribution is 0.0955. The van der Waals surface area contributed by atoms with Gasteiger partial charge in [0.25, 0.3) is 5.91 Å². The molecule has 0 fully saturated rings. The predicted molar refractivity (Wildman–Crippen MR) is 87.6 cm³/mol. The van der Waals surface area contributed by atoms with Crippen molar-refractivity contribution >= 4 is 12.1 Å². The third-order valence-corrected chi connectivity index (χ3v) is 3.16. The topological polar surface area (TPSA) is 69.2 Å². The summed E-state index contributed by atoms with van der Waals surface area (Å²) in [6.07, 6.45) is 1.51. The Morgan fingerprint density at radius 1 is 0.957 bits per heavy atom. The number of nitrogens with zero attached hydrogens (tertiary/aromatic N) is 1. The van der Waals surface area contributed by atoms with Crippen molar-refractivity contribution in [2.75, 3.05) is 21.3 Å². The maximum atomic E-state index is 12.0. The zero-order valence-electron chi connectivity index (χ0n) is 13.2. The number of carbonyl (C=O) groups excluding carboxylic acids is 1. The van der Waals surface area contributed by atoms with Crippen molar-refractivity contribution in [3.8, 4) is 17.2 Å². The Labute approximate surface area is 134 Å². The van der Waals surface area contributed by atoms with Gasteiger partial charge in [-0.3, -0.25) is 4.79 Å². The molecule has 0 aliphatic heterocycles. The van der Waals surface area contributed by atoms with Crippen LogP contribution in [0.2, 0.25) is 0 Å². The lowest BCUT2D eigenvalue weighted by Crippen LogP contribution is -2.17. The zero-order chi connectivity index (χ0) is 16.7. The SMILES string of the molecule is COc1ccc(C(=O)N/N=C\c2ccc(OC)cc2OC)cc1. The van der Waals surface area contributed by atoms with E-state index in [1.165, 1.54) is 6.21 Å². The van der Waals surface area contributed by atoms with Crippen LogP contribution in [0.5, 0.6) is 17.2 Å². The highest BCUT2D eigenvalue weighted by atomic mass is 16.5. The number of benzene rings is 2. The molecule has 6 heteroatoms. The molecular weight excluding hydrogens is 296 g/mol. The van der Waals surface area contributed by atoms with Crippen LogP contribution in [0.3, 0.4) is 0 Å². The van der Waals surface area contributed by atoms with Crippen LogP contribution in [0, 0.1) is 0 Å². The predicted octanol–water partition coefficient (Wildman–Crippen LogP) is 2.48. The number of hydrazone groups is 1. The molecule has 2 rings (SSSR count). The lowest BCUT2D eigenvalue weighted by atomic mass is 10.2. The van der Waals surface area contributed by atoms with E-state index < -0.39 is 0 Å². The first-order valence-corrected chi connectivity index (χ1v) is 6.87. The summed E-state index contributed by atoms with van der Waals surface area (Å²) in [6, 6.07) is 12.1. The van der Waals surface area contributed by atoms with E-state index in [9.17, 15) is 4.79 Å². The van der Waals surface area contributed by atoms with E-state index in [1.807, 2.05) is 0 Å². The number of ether oxygens (including phenoxy) is 3. The van der Waals surface area contributed by atoms with Crippen LogP contribution >= 0.6 is 0 Å². The molecule has 0 bridgehead atoms. The smallest absolute Gasteiger partial charge is 0.271 e. The molecule has 2 aromatic carbocycles. The van der Waals surface area contributed by atoms with Gasteiger partial charge in [0.05, 0.1) is 27.5 Å². The highest BCUT2D eigenvalue weighted by Crippen LogP contribution is 2.23. The van der Waals surface area contributed by atoms with Crippen LogP contribution in [0.25, 0.3) is 0 Å². The van der Waals surface area contributed by atoms with Gasteiger partial charge in [-0.1, -0.05) is 0 Å². The summed E-state index contributed by atoms with van der Waals surface area (Å²) >= 11 is 0. The molecule has 1 amide bonds. The molecule has 120 valence electrons. The number of hydrogen-bond donors (Lipinski definition) is 1. The van der Waals surface area contributed by atoms with E-state index in [0.717, 1.165) is 5.56 Å². The molecule has 0 aliphatic rings. The first kappa shape index (κ1) is 16.4. The minimum atomic E-state index is -0.309. The molecule has 0 unspecified atom stereocenters. The van der Waals surface area contributed by atoms with E-state index in [0.29, 0.717) is 22.8 Å². The Morgan fingerprint density at radius 3 is 2.22 bits per heavy atom. The Morgan fingerprint density at radius 2 is 1.61 bits per heavy atom. The molecule has 0 saturated carbocycles. The molecule has 0 aromatic heterocycles. The van der Waals surface area contributed by atoms with Gasteiger partial charge >= 0.3 is 0 Å². The molecule has 6 nitrogen and oxygen atoms in total. The van der Waals surface area contributed by atoms with E-state index in [4.69, 9.17) is 14.2 Å². The van der Waals surface area contributed by atoms with Crippen molar-refractivity contribution in [1.29, 1.82) is 0 Å². The van der Waals surface area contributed by atoms with Crippen molar-refractivity contribution in [3.63, 3.8) is 0 Å². The van der Waals surface area contributed by atoms with Gasteiger partial charge in [-0.25, -0.2) is 5.43 Å². The van der Waals surface area contributed by atoms with Crippen LogP contribution < -0.4 is 19.6 Å². The fourth-order valence-corrected chi connectivity index (χ4v) is 1.89. The molecule has 1 N–H and O–H groups in total. The van der Waals surface area contributed by atoms with Gasteiger partial charge < -0.3 is 14.2 Å². The first-order chi connectivity index (χ1) is 11.2. The summed E-state index contributed by atoms with van der Waals surface area (Å²) in [4.78, 5) is 12.0. The van der Waals surface area contributed by atoms with Crippen LogP contribution in [-0.4, -0.2) is 33.5 Å². The van der Waals surface area contributed by atoms with Crippen LogP contribution in [0.1, 0.15) is 15.9 Å². The summed E-state index contributed by atoms with van der Waals surface area (Å²) in [5.41, 5.74) is 3.68. The molecule has 0 saturated heterocycles. The minimum absolute atomic E-state index is 0.309. The molecular formula is C17H18N2O4. The number of amides is 1. The van der Waals surface area contributed by atoms with Gasteiger partial charge in [0.1, 0.15) is 17.2 Å². The molecule has 0 aliphatic carbocycles. The van der Waals surface area contributed by atoms with E-state index in [-0.39, 0.29) is 5.91 Å². The fraction of sp³-hybridized carbons (Fsp3) is 0.176. The summed E-state index contributed by atoms with van der Waals surface area (Å²) in [5.74, 6) is 1.66. The average Bonchev–Trinajstić information content (AvgIpc) is 2.61. The van der Waals surface area contributed by atoms with Gasteiger partial charge in [0, 0.05) is 17.2 Å². The maximum Gasteiger partial charge on any atom is 0.271 e. The molecule has 2 aromatic rings. The summed E-state index contributed by atoms with van der Waals surface area (Å²) in [7, 11) is 4.71. The second kappa shape index (κ2) is 7.84. The van der Waals surface area contributed by atoms with Crippen molar-refractivity contribution in [2.45, 2.75) is 0 Å². The largest absolute Gasteiger partial charge is 0.497 e. The monoisotopic (exact) mass is 314 g/mol. The van der Waals surface area contributed by atoms with Gasteiger partial charge in [-0.2, -0.15) is 5.10 Å². The Kier molecular flexibility index (Phi) is 5.57. The Bertz CT molecular complexity index is 696. The van der Waals surface area contributed by atoms with Crippen LogP contribution in [-0.2, 0) is 0 Å². The van der Waals surface area contributed by atoms with E-state index in [1.54, 1.807) is 63.8 Å². The fourth-order valence-electron chi connectivity index (χ4n) is 1.89. The van der Waals surface area contributed by atoms with Crippen molar-refractivity contribution < 1.29 is 19.0 Å². The Balaban J connectivity index is 2.04. The highest BCUT2D eigenvalue weighted by Gasteiger charge is 2.05. The van der Waals surface area contributed by atoms with Crippen molar-refractivity contribution in [1.82, 2.24) is 5.43 Å². The molecule has 0 atom stereocenters. The molecule has 23 heavy (non-hydrogen) atoms. The van der Waals surface area contributed by atoms with E-state index in [2.05, 4.69) is 10.5 Å². The first-order valence-electron chi connectivity index (χ1n) is 6.87. The molecule has 0 spiro atoms. The maximum absolute atomic E-state index is 12.0. The second-order valence-electron chi connectivity index (χ2n) is 4.54. The van der Waals surface area contributed by atoms with Gasteiger partial charge in [0.2, 0.25) is 0 Å². The van der Waals surface area contributed by atoms with Crippen LogP contribution in [0.4, 0.5) is 0 Å². The quantitative estimate of drug-likeness (QED) is 0.657. The minimum Gasteiger partial charge on any atom is -0.497 e. The second-order valence-corrected chi connectivity index (χ2v) is 4.54. The van der Waals surface area contributed by atoms with Gasteiger partial charge in [-0.05, 0) is 36.4 Å². The third kappa shape index (κ3) is 4.23. The summed E-state index contributed by atoms with van der Waals surface area (Å²) in [5, 5.41) is 3.95. The molecule has 0 heterocycles. The van der Waals surface area contributed by atoms with E-state index >= 15 is 0 Å². The number of hydrogen-bond acceptors (Lipinski definition) is 5. The Hall–Kier alpha value is -3.02. The zero-order valence-corrected chi connectivity index (χ0v) is 13.2. The van der Waals surface area contributed by atoms with Crippen molar-refractivity contribution in [3.05, 3.63) is 53.6 Å². The van der Waals surface area contributed by atoms with Crippen LogP contribution in [0.15, 0.2) is 47.6 Å². The third-order valence-electron chi connectivity index (χ3n) is 3.16. The normalized spacial score (nSPS) is 10.4. The lowest BCUT2D eigenvalue weighted by Gasteiger charge is -2.07. The summed E-state index contributed by atoms with van der Waals surface area (Å²) < 4.78 is 15.4. The summed E-state index contributed by atoms with van der Waals surface area (Å²) in [6.45, 7) is 0. The van der Waals surface area contributed by atoms with Gasteiger partial charge in [-0.15, -0.1) is 0 Å². The number of nitrogens with one attached hydrogen (secondary N) is 1. The number of carbonyl (C=O) groups is 1. The standard InChI is InChI=1S/C17H18N2O4/c1-21-14-7-4-12(5-8-14)17(20)19-18-11-13-6-9-15(22-2)10-16(13)23-3/h4-11H,1-3H3,(H,19,20)/b18-11-. The van der Waals surface area contributed by atoms with Crippen molar-refractivity contribution in [2.24, 2.45) is 5.10 Å². The molecule has 0 radical (unpaired) electrons. The number of methoxy groups -OCH3 is 3. The number of rotatable bonds is 6. The van der Waals surface area contributed by atoms with Gasteiger partial charge in [0.15, 0.2) is 0 Å².